The lowest BCUT2D eigenvalue weighted by atomic mass is 10.1. The largest absolute Gasteiger partial charge is 0.493 e. The van der Waals surface area contributed by atoms with Crippen LogP contribution in [0.5, 0.6) is 11.5 Å². The Hall–Kier alpha value is -2.05. The van der Waals surface area contributed by atoms with Crippen LogP contribution in [0.2, 0.25) is 0 Å². The van der Waals surface area contributed by atoms with Gasteiger partial charge in [-0.15, -0.1) is 11.3 Å². The first-order chi connectivity index (χ1) is 11.7. The summed E-state index contributed by atoms with van der Waals surface area (Å²) in [5.41, 5.74) is 0.638. The fourth-order valence-corrected chi connectivity index (χ4v) is 3.63. The molecule has 0 atom stereocenters. The minimum Gasteiger partial charge on any atom is -0.493 e. The molecule has 1 amide bonds. The smallest absolute Gasteiger partial charge is 0.254 e. The molecule has 24 heavy (non-hydrogen) atoms. The predicted molar refractivity (Wildman–Crippen MR) is 95.0 cm³/mol. The van der Waals surface area contributed by atoms with Crippen molar-refractivity contribution in [1.82, 2.24) is 9.80 Å². The Bertz CT molecular complexity index is 680. The monoisotopic (exact) mass is 346 g/mol. The van der Waals surface area contributed by atoms with E-state index in [4.69, 9.17) is 9.47 Å². The zero-order valence-electron chi connectivity index (χ0n) is 14.0. The van der Waals surface area contributed by atoms with Crippen LogP contribution in [0.15, 0.2) is 35.7 Å². The molecule has 1 aromatic heterocycles. The molecule has 0 saturated carbocycles. The van der Waals surface area contributed by atoms with Crippen LogP contribution in [0.1, 0.15) is 15.2 Å². The molecule has 3 rings (SSSR count). The fourth-order valence-electron chi connectivity index (χ4n) is 2.88. The molecule has 128 valence electrons. The van der Waals surface area contributed by atoms with Crippen molar-refractivity contribution in [3.8, 4) is 11.5 Å². The van der Waals surface area contributed by atoms with E-state index >= 15 is 0 Å². The molecule has 1 aliphatic rings. The van der Waals surface area contributed by atoms with Crippen molar-refractivity contribution in [3.63, 3.8) is 0 Å². The average molecular weight is 346 g/mol. The maximum atomic E-state index is 12.7. The maximum absolute atomic E-state index is 12.7. The topological polar surface area (TPSA) is 42.0 Å². The van der Waals surface area contributed by atoms with Gasteiger partial charge in [0.25, 0.3) is 5.91 Å². The summed E-state index contributed by atoms with van der Waals surface area (Å²) in [7, 11) is 3.17. The first-order valence-electron chi connectivity index (χ1n) is 7.97. The third kappa shape index (κ3) is 3.71. The molecule has 0 spiro atoms. The summed E-state index contributed by atoms with van der Waals surface area (Å²) in [6.07, 6.45) is 0. The van der Waals surface area contributed by atoms with E-state index in [2.05, 4.69) is 22.4 Å². The Balaban J connectivity index is 1.60. The molecule has 2 aromatic rings. The number of carbonyl (C=O) groups excluding carboxylic acids is 1. The molecule has 0 radical (unpaired) electrons. The molecule has 1 aromatic carbocycles. The first-order valence-corrected chi connectivity index (χ1v) is 8.85. The zero-order valence-corrected chi connectivity index (χ0v) is 14.8. The second-order valence-corrected chi connectivity index (χ2v) is 6.75. The van der Waals surface area contributed by atoms with Crippen molar-refractivity contribution in [2.24, 2.45) is 0 Å². The molecule has 2 heterocycles. The molecular weight excluding hydrogens is 324 g/mol. The van der Waals surface area contributed by atoms with Crippen molar-refractivity contribution in [2.75, 3.05) is 40.4 Å². The van der Waals surface area contributed by atoms with E-state index in [-0.39, 0.29) is 5.91 Å². The third-order valence-electron chi connectivity index (χ3n) is 4.25. The van der Waals surface area contributed by atoms with Crippen LogP contribution in [0, 0.1) is 0 Å². The fraction of sp³-hybridized carbons (Fsp3) is 0.389. The highest BCUT2D eigenvalue weighted by Crippen LogP contribution is 2.28. The number of methoxy groups -OCH3 is 2. The molecule has 0 N–H and O–H groups in total. The Labute approximate surface area is 146 Å². The number of rotatable bonds is 5. The summed E-state index contributed by atoms with van der Waals surface area (Å²) in [6.45, 7) is 4.26. The third-order valence-corrected chi connectivity index (χ3v) is 5.11. The molecule has 0 unspecified atom stereocenters. The van der Waals surface area contributed by atoms with Crippen molar-refractivity contribution in [2.45, 2.75) is 6.54 Å². The SMILES string of the molecule is COc1ccc(C(=O)N2CCN(Cc3cccs3)CC2)cc1OC. The molecule has 1 aliphatic heterocycles. The standard InChI is InChI=1S/C18H22N2O3S/c1-22-16-6-5-14(12-17(16)23-2)18(21)20-9-7-19(8-10-20)13-15-4-3-11-24-15/h3-6,11-12H,7-10,13H2,1-2H3. The van der Waals surface area contributed by atoms with E-state index in [9.17, 15) is 4.79 Å². The van der Waals surface area contributed by atoms with E-state index in [0.717, 1.165) is 32.7 Å². The van der Waals surface area contributed by atoms with Crippen molar-refractivity contribution < 1.29 is 14.3 Å². The van der Waals surface area contributed by atoms with Gasteiger partial charge in [-0.2, -0.15) is 0 Å². The maximum Gasteiger partial charge on any atom is 0.254 e. The second kappa shape index (κ2) is 7.68. The predicted octanol–water partition coefficient (Wildman–Crippen LogP) is 2.72. The normalized spacial score (nSPS) is 15.3. The van der Waals surface area contributed by atoms with Gasteiger partial charge in [0.15, 0.2) is 11.5 Å². The first kappa shape index (κ1) is 16.8. The molecule has 1 saturated heterocycles. The lowest BCUT2D eigenvalue weighted by Gasteiger charge is -2.34. The van der Waals surface area contributed by atoms with Gasteiger partial charge in [-0.1, -0.05) is 6.07 Å². The van der Waals surface area contributed by atoms with E-state index in [0.29, 0.717) is 17.1 Å². The molecule has 6 heteroatoms. The van der Waals surface area contributed by atoms with E-state index in [1.165, 1.54) is 4.88 Å². The summed E-state index contributed by atoms with van der Waals surface area (Å²) in [6, 6.07) is 9.56. The Kier molecular flexibility index (Phi) is 5.37. The van der Waals surface area contributed by atoms with Crippen molar-refractivity contribution >= 4 is 17.2 Å². The van der Waals surface area contributed by atoms with E-state index < -0.39 is 0 Å². The van der Waals surface area contributed by atoms with Gasteiger partial charge in [0.2, 0.25) is 0 Å². The summed E-state index contributed by atoms with van der Waals surface area (Å²) in [5, 5.41) is 2.10. The number of ether oxygens (including phenoxy) is 2. The Morgan fingerprint density at radius 1 is 1.08 bits per heavy atom. The van der Waals surface area contributed by atoms with Gasteiger partial charge in [0, 0.05) is 43.2 Å². The van der Waals surface area contributed by atoms with Gasteiger partial charge < -0.3 is 14.4 Å². The van der Waals surface area contributed by atoms with Crippen LogP contribution < -0.4 is 9.47 Å². The van der Waals surface area contributed by atoms with Crippen LogP contribution in [-0.2, 0) is 6.54 Å². The number of thiophene rings is 1. The summed E-state index contributed by atoms with van der Waals surface area (Å²) in [5.74, 6) is 1.27. The van der Waals surface area contributed by atoms with Gasteiger partial charge in [0.1, 0.15) is 0 Å². The quantitative estimate of drug-likeness (QED) is 0.835. The van der Waals surface area contributed by atoms with Crippen molar-refractivity contribution in [3.05, 3.63) is 46.2 Å². The number of amides is 1. The number of carbonyl (C=O) groups is 1. The minimum atomic E-state index is 0.0479. The highest BCUT2D eigenvalue weighted by molar-refractivity contribution is 7.09. The lowest BCUT2D eigenvalue weighted by Crippen LogP contribution is -2.48. The highest BCUT2D eigenvalue weighted by atomic mass is 32.1. The molecule has 0 aliphatic carbocycles. The van der Waals surface area contributed by atoms with E-state index in [1.807, 2.05) is 4.90 Å². The number of nitrogens with zero attached hydrogens (tertiary/aromatic N) is 2. The average Bonchev–Trinajstić information content (AvgIpc) is 3.14. The van der Waals surface area contributed by atoms with Gasteiger partial charge in [0.05, 0.1) is 14.2 Å². The summed E-state index contributed by atoms with van der Waals surface area (Å²) < 4.78 is 10.5. The zero-order chi connectivity index (χ0) is 16.9. The molecule has 1 fully saturated rings. The molecule has 5 nitrogen and oxygen atoms in total. The minimum absolute atomic E-state index is 0.0479. The van der Waals surface area contributed by atoms with Crippen molar-refractivity contribution in [1.29, 1.82) is 0 Å². The second-order valence-electron chi connectivity index (χ2n) is 5.72. The van der Waals surface area contributed by atoms with Crippen LogP contribution in [0.25, 0.3) is 0 Å². The number of piperazine rings is 1. The Morgan fingerprint density at radius 3 is 2.46 bits per heavy atom. The van der Waals surface area contributed by atoms with Crippen LogP contribution in [0.3, 0.4) is 0 Å². The summed E-state index contributed by atoms with van der Waals surface area (Å²) >= 11 is 1.78. The van der Waals surface area contributed by atoms with Crippen LogP contribution >= 0.6 is 11.3 Å². The summed E-state index contributed by atoms with van der Waals surface area (Å²) in [4.78, 5) is 18.4. The van der Waals surface area contributed by atoms with Gasteiger partial charge in [-0.25, -0.2) is 0 Å². The van der Waals surface area contributed by atoms with Gasteiger partial charge >= 0.3 is 0 Å². The van der Waals surface area contributed by atoms with Crippen LogP contribution in [0.4, 0.5) is 0 Å². The number of hydrogen-bond acceptors (Lipinski definition) is 5. The van der Waals surface area contributed by atoms with Gasteiger partial charge in [-0.05, 0) is 29.6 Å². The van der Waals surface area contributed by atoms with E-state index in [1.54, 1.807) is 43.8 Å². The number of hydrogen-bond donors (Lipinski definition) is 0. The van der Waals surface area contributed by atoms with Crippen LogP contribution in [-0.4, -0.2) is 56.1 Å². The highest BCUT2D eigenvalue weighted by Gasteiger charge is 2.23. The molecule has 0 bridgehead atoms. The number of benzene rings is 1. The molecular formula is C18H22N2O3S. The Morgan fingerprint density at radius 2 is 1.83 bits per heavy atom. The lowest BCUT2D eigenvalue weighted by molar-refractivity contribution is 0.0629. The van der Waals surface area contributed by atoms with Gasteiger partial charge in [-0.3, -0.25) is 9.69 Å².